The first kappa shape index (κ1) is 8.04. The van der Waals surface area contributed by atoms with Crippen molar-refractivity contribution in [3.8, 4) is 0 Å². The summed E-state index contributed by atoms with van der Waals surface area (Å²) in [6, 6.07) is 0. The molecule has 2 spiro atoms. The van der Waals surface area contributed by atoms with Gasteiger partial charge in [0.2, 0.25) is 0 Å². The highest BCUT2D eigenvalue weighted by molar-refractivity contribution is 5.40. The smallest absolute Gasteiger partial charge is 0.178 e. The Labute approximate surface area is 88.7 Å². The van der Waals surface area contributed by atoms with E-state index in [9.17, 15) is 5.11 Å². The fourth-order valence-corrected chi connectivity index (χ4v) is 6.02. The molecule has 15 heavy (non-hydrogen) atoms. The number of hydrogen-bond donors (Lipinski definition) is 1. The second-order valence-electron chi connectivity index (χ2n) is 6.33. The lowest BCUT2D eigenvalue weighted by atomic mass is 9.41. The zero-order chi connectivity index (χ0) is 9.89. The number of ether oxygens (including phenoxy) is 2. The van der Waals surface area contributed by atoms with Gasteiger partial charge in [0.1, 0.15) is 0 Å². The quantitative estimate of drug-likeness (QED) is 0.691. The van der Waals surface area contributed by atoms with E-state index in [0.29, 0.717) is 17.9 Å². The Morgan fingerprint density at radius 1 is 1.13 bits per heavy atom. The minimum atomic E-state index is -0.173. The van der Waals surface area contributed by atoms with Crippen molar-refractivity contribution in [1.82, 2.24) is 0 Å². The van der Waals surface area contributed by atoms with Crippen LogP contribution in [-0.4, -0.2) is 30.7 Å². The highest BCUT2D eigenvalue weighted by Gasteiger charge is 2.96. The van der Waals surface area contributed by atoms with Gasteiger partial charge < -0.3 is 14.6 Å². The summed E-state index contributed by atoms with van der Waals surface area (Å²) in [5, 5.41) is 9.57. The Balaban J connectivity index is 1.59. The molecule has 5 atom stereocenters. The number of aliphatic hydroxyl groups excluding tert-OH is 1. The van der Waals surface area contributed by atoms with Gasteiger partial charge in [0.25, 0.3) is 0 Å². The van der Waals surface area contributed by atoms with Crippen LogP contribution in [0.25, 0.3) is 0 Å². The molecule has 0 bridgehead atoms. The Hall–Kier alpha value is -0.120. The summed E-state index contributed by atoms with van der Waals surface area (Å²) < 4.78 is 11.8. The molecule has 0 aromatic rings. The average Bonchev–Trinajstić information content (AvgIpc) is 2.54. The van der Waals surface area contributed by atoms with Crippen LogP contribution in [0.1, 0.15) is 19.3 Å². The van der Waals surface area contributed by atoms with Crippen molar-refractivity contribution < 1.29 is 14.6 Å². The predicted octanol–water partition coefficient (Wildman–Crippen LogP) is 0.768. The molecule has 0 aromatic carbocycles. The standard InChI is InChI=1S/C12H16O3/c13-6-10-3-7-4-11(9(7)10)8(5-10)12(11)14-1-2-15-12/h7-9,13H,1-6H2. The van der Waals surface area contributed by atoms with E-state index in [-0.39, 0.29) is 11.2 Å². The van der Waals surface area contributed by atoms with Gasteiger partial charge in [-0.05, 0) is 36.5 Å². The third-order valence-corrected chi connectivity index (χ3v) is 6.24. The Kier molecular flexibility index (Phi) is 1.01. The van der Waals surface area contributed by atoms with Gasteiger partial charge in [-0.3, -0.25) is 0 Å². The van der Waals surface area contributed by atoms with Crippen molar-refractivity contribution in [1.29, 1.82) is 0 Å². The lowest BCUT2D eigenvalue weighted by Gasteiger charge is -2.64. The summed E-state index contributed by atoms with van der Waals surface area (Å²) in [5.41, 5.74) is 0.642. The van der Waals surface area contributed by atoms with E-state index in [1.165, 1.54) is 12.8 Å². The number of rotatable bonds is 1. The van der Waals surface area contributed by atoms with Gasteiger partial charge in [-0.2, -0.15) is 0 Å². The summed E-state index contributed by atoms with van der Waals surface area (Å²) in [6.07, 6.45) is 3.73. The molecule has 0 aromatic heterocycles. The zero-order valence-corrected chi connectivity index (χ0v) is 8.74. The largest absolute Gasteiger partial charge is 0.396 e. The van der Waals surface area contributed by atoms with E-state index < -0.39 is 0 Å². The van der Waals surface area contributed by atoms with Gasteiger partial charge in [0, 0.05) is 17.9 Å². The fraction of sp³-hybridized carbons (Fsp3) is 1.00. The molecule has 82 valence electrons. The third-order valence-electron chi connectivity index (χ3n) is 6.24. The molecular formula is C12H16O3. The SMILES string of the molecule is OCC12CC3CC4(C31)C(C2)C41OCCO1. The van der Waals surface area contributed by atoms with Gasteiger partial charge in [-0.25, -0.2) is 0 Å². The molecule has 4 saturated carbocycles. The molecule has 5 aliphatic rings. The molecule has 1 N–H and O–H groups in total. The molecule has 1 heterocycles. The maximum Gasteiger partial charge on any atom is 0.178 e. The van der Waals surface area contributed by atoms with E-state index in [1.54, 1.807) is 0 Å². The van der Waals surface area contributed by atoms with E-state index in [4.69, 9.17) is 9.47 Å². The first-order valence-electron chi connectivity index (χ1n) is 6.18. The molecule has 3 heteroatoms. The van der Waals surface area contributed by atoms with Gasteiger partial charge in [0.15, 0.2) is 5.79 Å². The van der Waals surface area contributed by atoms with Gasteiger partial charge in [-0.15, -0.1) is 0 Å². The molecule has 5 unspecified atom stereocenters. The fourth-order valence-electron chi connectivity index (χ4n) is 6.02. The van der Waals surface area contributed by atoms with Crippen molar-refractivity contribution in [2.45, 2.75) is 25.0 Å². The highest BCUT2D eigenvalue weighted by Crippen LogP contribution is 2.94. The van der Waals surface area contributed by atoms with Gasteiger partial charge in [-0.1, -0.05) is 0 Å². The topological polar surface area (TPSA) is 38.7 Å². The normalized spacial score (nSPS) is 65.8. The van der Waals surface area contributed by atoms with Crippen molar-refractivity contribution in [2.75, 3.05) is 19.8 Å². The van der Waals surface area contributed by atoms with Gasteiger partial charge in [0.05, 0.1) is 13.2 Å². The van der Waals surface area contributed by atoms with Crippen LogP contribution in [0.3, 0.4) is 0 Å². The van der Waals surface area contributed by atoms with E-state index in [1.807, 2.05) is 0 Å². The van der Waals surface area contributed by atoms with E-state index in [2.05, 4.69) is 0 Å². The van der Waals surface area contributed by atoms with Crippen LogP contribution in [0.2, 0.25) is 0 Å². The van der Waals surface area contributed by atoms with Crippen LogP contribution in [-0.2, 0) is 9.47 Å². The second kappa shape index (κ2) is 1.89. The number of fused-ring (bicyclic) bond motifs is 1. The highest BCUT2D eigenvalue weighted by atomic mass is 16.8. The lowest BCUT2D eigenvalue weighted by Crippen LogP contribution is -2.62. The Morgan fingerprint density at radius 3 is 2.60 bits per heavy atom. The summed E-state index contributed by atoms with van der Waals surface area (Å²) in [6.45, 7) is 1.95. The summed E-state index contributed by atoms with van der Waals surface area (Å²) >= 11 is 0. The van der Waals surface area contributed by atoms with Gasteiger partial charge >= 0.3 is 0 Å². The monoisotopic (exact) mass is 208 g/mol. The van der Waals surface area contributed by atoms with Crippen LogP contribution in [0.4, 0.5) is 0 Å². The number of aliphatic hydroxyl groups is 1. The van der Waals surface area contributed by atoms with Crippen LogP contribution >= 0.6 is 0 Å². The van der Waals surface area contributed by atoms with Crippen LogP contribution < -0.4 is 0 Å². The average molecular weight is 208 g/mol. The molecule has 0 radical (unpaired) electrons. The molecule has 1 aliphatic heterocycles. The molecule has 0 amide bonds. The maximum atomic E-state index is 9.57. The van der Waals surface area contributed by atoms with Crippen molar-refractivity contribution in [3.63, 3.8) is 0 Å². The Morgan fingerprint density at radius 2 is 1.93 bits per heavy atom. The van der Waals surface area contributed by atoms with Crippen LogP contribution in [0.5, 0.6) is 0 Å². The molecule has 3 nitrogen and oxygen atoms in total. The summed E-state index contributed by atoms with van der Waals surface area (Å²) in [5.74, 6) is 2.06. The molecule has 5 fully saturated rings. The van der Waals surface area contributed by atoms with Crippen molar-refractivity contribution in [3.05, 3.63) is 0 Å². The summed E-state index contributed by atoms with van der Waals surface area (Å²) in [7, 11) is 0. The molecule has 1 saturated heterocycles. The predicted molar refractivity (Wildman–Crippen MR) is 50.9 cm³/mol. The van der Waals surface area contributed by atoms with Crippen molar-refractivity contribution in [2.24, 2.45) is 28.6 Å². The number of hydrogen-bond acceptors (Lipinski definition) is 3. The summed E-state index contributed by atoms with van der Waals surface area (Å²) in [4.78, 5) is 0. The lowest BCUT2D eigenvalue weighted by molar-refractivity contribution is -0.247. The minimum absolute atomic E-state index is 0.173. The third kappa shape index (κ3) is 0.512. The maximum absolute atomic E-state index is 9.57. The van der Waals surface area contributed by atoms with Crippen molar-refractivity contribution >= 4 is 0 Å². The van der Waals surface area contributed by atoms with E-state index in [0.717, 1.165) is 31.5 Å². The first-order chi connectivity index (χ1) is 7.29. The first-order valence-corrected chi connectivity index (χ1v) is 6.18. The van der Waals surface area contributed by atoms with Crippen LogP contribution in [0.15, 0.2) is 0 Å². The Bertz CT molecular complexity index is 362. The second-order valence-corrected chi connectivity index (χ2v) is 6.33. The minimum Gasteiger partial charge on any atom is -0.396 e. The van der Waals surface area contributed by atoms with E-state index >= 15 is 0 Å². The zero-order valence-electron chi connectivity index (χ0n) is 8.74. The van der Waals surface area contributed by atoms with Crippen LogP contribution in [0, 0.1) is 28.6 Å². The molecular weight excluding hydrogens is 192 g/mol. The molecule has 4 aliphatic carbocycles. The molecule has 5 rings (SSSR count).